The summed E-state index contributed by atoms with van der Waals surface area (Å²) in [5, 5.41) is 0.559. The van der Waals surface area contributed by atoms with Crippen LogP contribution < -0.4 is 5.73 Å². The lowest BCUT2D eigenvalue weighted by Crippen LogP contribution is -2.09. The van der Waals surface area contributed by atoms with Crippen molar-refractivity contribution in [1.82, 2.24) is 14.5 Å². The average molecular weight is 441 g/mol. The molecule has 0 bridgehead atoms. The van der Waals surface area contributed by atoms with Crippen molar-refractivity contribution in [1.29, 1.82) is 0 Å². The molecule has 0 aliphatic carbocycles. The molecule has 0 atom stereocenters. The van der Waals surface area contributed by atoms with Crippen molar-refractivity contribution in [2.75, 3.05) is 11.5 Å². The lowest BCUT2D eigenvalue weighted by Gasteiger charge is -2.11. The zero-order valence-corrected chi connectivity index (χ0v) is 18.3. The SMILES string of the molecule is Cc1nc(N)c2nc(C)n(CCCCS(=O)(=O)c3ccc(Cl)cc3Cl)c2c1C. The fourth-order valence-corrected chi connectivity index (χ4v) is 5.48. The molecule has 0 spiro atoms. The zero-order chi connectivity index (χ0) is 20.6. The number of nitrogens with zero attached hydrogens (tertiary/aromatic N) is 3. The van der Waals surface area contributed by atoms with Gasteiger partial charge in [-0.2, -0.15) is 0 Å². The third kappa shape index (κ3) is 3.97. The molecule has 150 valence electrons. The van der Waals surface area contributed by atoms with E-state index >= 15 is 0 Å². The molecule has 0 amide bonds. The third-order valence-corrected chi connectivity index (χ3v) is 7.37. The minimum atomic E-state index is -3.47. The van der Waals surface area contributed by atoms with Crippen LogP contribution in [0.15, 0.2) is 23.1 Å². The minimum absolute atomic E-state index is 0.0156. The standard InChI is InChI=1S/C19H22Cl2N4O2S/c1-11-12(2)23-19(22)17-18(11)25(13(3)24-17)8-4-5-9-28(26,27)16-7-6-14(20)10-15(16)21/h6-7,10H,4-5,8-9H2,1-3H3,(H2,22,23). The molecule has 2 aromatic heterocycles. The Morgan fingerprint density at radius 2 is 1.82 bits per heavy atom. The van der Waals surface area contributed by atoms with Gasteiger partial charge in [-0.15, -0.1) is 0 Å². The summed E-state index contributed by atoms with van der Waals surface area (Å²) in [5.41, 5.74) is 9.58. The fraction of sp³-hybridized carbons (Fsp3) is 0.368. The quantitative estimate of drug-likeness (QED) is 0.569. The molecule has 2 N–H and O–H groups in total. The van der Waals surface area contributed by atoms with Crippen LogP contribution in [-0.2, 0) is 16.4 Å². The van der Waals surface area contributed by atoms with Crippen molar-refractivity contribution < 1.29 is 8.42 Å². The van der Waals surface area contributed by atoms with E-state index < -0.39 is 9.84 Å². The first-order chi connectivity index (χ1) is 13.1. The normalized spacial score (nSPS) is 12.0. The molecule has 28 heavy (non-hydrogen) atoms. The van der Waals surface area contributed by atoms with E-state index in [1.807, 2.05) is 20.8 Å². The summed E-state index contributed by atoms with van der Waals surface area (Å²) in [6.07, 6.45) is 1.18. The largest absolute Gasteiger partial charge is 0.382 e. The van der Waals surface area contributed by atoms with Gasteiger partial charge in [-0.3, -0.25) is 0 Å². The maximum absolute atomic E-state index is 12.6. The number of imidazole rings is 1. The van der Waals surface area contributed by atoms with Gasteiger partial charge in [0.15, 0.2) is 15.7 Å². The number of halogens is 2. The van der Waals surface area contributed by atoms with E-state index in [0.29, 0.717) is 35.7 Å². The van der Waals surface area contributed by atoms with Gasteiger partial charge in [0.25, 0.3) is 0 Å². The number of anilines is 1. The highest BCUT2D eigenvalue weighted by Crippen LogP contribution is 2.28. The number of benzene rings is 1. The predicted octanol–water partition coefficient (Wildman–Crippen LogP) is 4.50. The van der Waals surface area contributed by atoms with Gasteiger partial charge in [-0.25, -0.2) is 18.4 Å². The van der Waals surface area contributed by atoms with Crippen LogP contribution in [0, 0.1) is 20.8 Å². The molecule has 0 radical (unpaired) electrons. The number of pyridine rings is 1. The molecule has 0 aliphatic rings. The fourth-order valence-electron chi connectivity index (χ4n) is 3.29. The topological polar surface area (TPSA) is 90.9 Å². The van der Waals surface area contributed by atoms with Crippen LogP contribution in [0.4, 0.5) is 5.82 Å². The Morgan fingerprint density at radius 1 is 1.11 bits per heavy atom. The number of nitrogens with two attached hydrogens (primary N) is 1. The maximum Gasteiger partial charge on any atom is 0.179 e. The Morgan fingerprint density at radius 3 is 2.50 bits per heavy atom. The Labute approximate surface area is 174 Å². The highest BCUT2D eigenvalue weighted by Gasteiger charge is 2.19. The molecule has 0 saturated carbocycles. The second-order valence-electron chi connectivity index (χ2n) is 6.82. The van der Waals surface area contributed by atoms with Gasteiger partial charge in [-0.05, 0) is 57.4 Å². The van der Waals surface area contributed by atoms with Gasteiger partial charge >= 0.3 is 0 Å². The maximum atomic E-state index is 12.6. The monoisotopic (exact) mass is 440 g/mol. The van der Waals surface area contributed by atoms with Gasteiger partial charge in [0, 0.05) is 17.3 Å². The van der Waals surface area contributed by atoms with E-state index in [2.05, 4.69) is 14.5 Å². The molecule has 6 nitrogen and oxygen atoms in total. The summed E-state index contributed by atoms with van der Waals surface area (Å²) >= 11 is 11.9. The van der Waals surface area contributed by atoms with Crippen molar-refractivity contribution in [2.24, 2.45) is 0 Å². The van der Waals surface area contributed by atoms with Crippen LogP contribution in [0.2, 0.25) is 10.0 Å². The number of nitrogen functional groups attached to an aromatic ring is 1. The Hall–Kier alpha value is -1.83. The summed E-state index contributed by atoms with van der Waals surface area (Å²) in [6.45, 7) is 6.48. The van der Waals surface area contributed by atoms with Crippen molar-refractivity contribution in [3.8, 4) is 0 Å². The lowest BCUT2D eigenvalue weighted by atomic mass is 10.2. The van der Waals surface area contributed by atoms with E-state index in [-0.39, 0.29) is 15.7 Å². The van der Waals surface area contributed by atoms with Crippen LogP contribution >= 0.6 is 23.2 Å². The second kappa shape index (κ2) is 7.89. The highest BCUT2D eigenvalue weighted by atomic mass is 35.5. The molecule has 3 aromatic rings. The predicted molar refractivity (Wildman–Crippen MR) is 114 cm³/mol. The summed E-state index contributed by atoms with van der Waals surface area (Å²) in [6, 6.07) is 4.43. The van der Waals surface area contributed by atoms with E-state index in [0.717, 1.165) is 22.6 Å². The Bertz CT molecular complexity index is 1160. The summed E-state index contributed by atoms with van der Waals surface area (Å²) < 4.78 is 27.2. The van der Waals surface area contributed by atoms with Gasteiger partial charge in [0.2, 0.25) is 0 Å². The van der Waals surface area contributed by atoms with Gasteiger partial charge in [-0.1, -0.05) is 23.2 Å². The van der Waals surface area contributed by atoms with E-state index in [1.165, 1.54) is 18.2 Å². The molecule has 2 heterocycles. The number of aromatic nitrogens is 3. The molecule has 0 aliphatic heterocycles. The smallest absolute Gasteiger partial charge is 0.179 e. The minimum Gasteiger partial charge on any atom is -0.382 e. The first kappa shape index (κ1) is 20.9. The number of fused-ring (bicyclic) bond motifs is 1. The molecule has 0 fully saturated rings. The van der Waals surface area contributed by atoms with Crippen LogP contribution in [0.25, 0.3) is 11.0 Å². The van der Waals surface area contributed by atoms with Crippen molar-refractivity contribution in [3.63, 3.8) is 0 Å². The Kier molecular flexibility index (Phi) is 5.89. The summed E-state index contributed by atoms with van der Waals surface area (Å²) in [7, 11) is -3.47. The average Bonchev–Trinajstić information content (AvgIpc) is 2.93. The van der Waals surface area contributed by atoms with E-state index in [4.69, 9.17) is 28.9 Å². The van der Waals surface area contributed by atoms with Crippen molar-refractivity contribution in [2.45, 2.75) is 45.1 Å². The number of hydrogen-bond donors (Lipinski definition) is 1. The summed E-state index contributed by atoms with van der Waals surface area (Å²) in [5.74, 6) is 1.27. The summed E-state index contributed by atoms with van der Waals surface area (Å²) in [4.78, 5) is 8.99. The highest BCUT2D eigenvalue weighted by molar-refractivity contribution is 7.91. The number of aryl methyl sites for hydroxylation is 4. The second-order valence-corrected chi connectivity index (χ2v) is 9.74. The van der Waals surface area contributed by atoms with Gasteiger partial charge < -0.3 is 10.3 Å². The first-order valence-corrected chi connectivity index (χ1v) is 11.3. The third-order valence-electron chi connectivity index (χ3n) is 4.86. The van der Waals surface area contributed by atoms with Crippen molar-refractivity contribution in [3.05, 3.63) is 45.3 Å². The van der Waals surface area contributed by atoms with E-state index in [1.54, 1.807) is 0 Å². The molecule has 9 heteroatoms. The molecule has 3 rings (SSSR count). The van der Waals surface area contributed by atoms with E-state index in [9.17, 15) is 8.42 Å². The molecule has 0 unspecified atom stereocenters. The zero-order valence-electron chi connectivity index (χ0n) is 16.0. The van der Waals surface area contributed by atoms with Crippen molar-refractivity contribution >= 4 is 49.9 Å². The number of sulfone groups is 1. The molecular formula is C19H22Cl2N4O2S. The van der Waals surface area contributed by atoms with Crippen LogP contribution in [0.5, 0.6) is 0 Å². The lowest BCUT2D eigenvalue weighted by molar-refractivity contribution is 0.583. The first-order valence-electron chi connectivity index (χ1n) is 8.89. The molecule has 1 aromatic carbocycles. The number of unbranched alkanes of at least 4 members (excludes halogenated alkanes) is 1. The molecular weight excluding hydrogens is 419 g/mol. The Balaban J connectivity index is 1.75. The van der Waals surface area contributed by atoms with Crippen LogP contribution in [0.3, 0.4) is 0 Å². The number of hydrogen-bond acceptors (Lipinski definition) is 5. The molecule has 0 saturated heterocycles. The van der Waals surface area contributed by atoms with Gasteiger partial charge in [0.1, 0.15) is 11.3 Å². The van der Waals surface area contributed by atoms with Crippen LogP contribution in [0.1, 0.15) is 29.9 Å². The number of rotatable bonds is 6. The van der Waals surface area contributed by atoms with Crippen LogP contribution in [-0.4, -0.2) is 28.7 Å². The van der Waals surface area contributed by atoms with Gasteiger partial charge in [0.05, 0.1) is 21.2 Å².